The van der Waals surface area contributed by atoms with Crippen LogP contribution in [0.4, 0.5) is 4.39 Å². The maximum atomic E-state index is 13.3. The number of nitrogens with zero attached hydrogens (tertiary/aromatic N) is 4. The van der Waals surface area contributed by atoms with E-state index in [1.165, 1.54) is 34.4 Å². The first-order chi connectivity index (χ1) is 12.5. The van der Waals surface area contributed by atoms with E-state index < -0.39 is 0 Å². The molecule has 1 atom stereocenters. The molecule has 3 heterocycles. The fourth-order valence-corrected chi connectivity index (χ4v) is 4.03. The minimum atomic E-state index is -0.356. The van der Waals surface area contributed by atoms with Gasteiger partial charge in [-0.05, 0) is 38.5 Å². The Kier molecular flexibility index (Phi) is 3.91. The fraction of sp³-hybridized carbons (Fsp3) is 0.222. The van der Waals surface area contributed by atoms with Crippen molar-refractivity contribution in [2.24, 2.45) is 0 Å². The van der Waals surface area contributed by atoms with Gasteiger partial charge >= 0.3 is 0 Å². The zero-order chi connectivity index (χ0) is 18.4. The van der Waals surface area contributed by atoms with Crippen molar-refractivity contribution in [3.05, 3.63) is 63.3 Å². The summed E-state index contributed by atoms with van der Waals surface area (Å²) >= 11 is 1.46. The Balaban J connectivity index is 1.93. The molecule has 4 aromatic rings. The number of nitrogens with one attached hydrogen (secondary N) is 1. The standard InChI is InChI=1S/C18H16FN5OS/c1-9(16-21-11(3)22-23-16)24-8-20-17-15(18(24)25)14(10(2)26-17)12-4-6-13(19)7-5-12/h4-9H,1-3H3,(H,21,22,23). The number of aromatic nitrogens is 5. The molecule has 8 heteroatoms. The third-order valence-electron chi connectivity index (χ3n) is 4.35. The van der Waals surface area contributed by atoms with Gasteiger partial charge in [-0.25, -0.2) is 14.4 Å². The number of hydrogen-bond donors (Lipinski definition) is 1. The Morgan fingerprint density at radius 1 is 1.23 bits per heavy atom. The molecular weight excluding hydrogens is 353 g/mol. The highest BCUT2D eigenvalue weighted by Gasteiger charge is 2.20. The van der Waals surface area contributed by atoms with Crippen LogP contribution in [0.1, 0.15) is 29.5 Å². The van der Waals surface area contributed by atoms with E-state index in [1.54, 1.807) is 12.1 Å². The molecule has 4 rings (SSSR count). The number of aromatic amines is 1. The van der Waals surface area contributed by atoms with E-state index in [1.807, 2.05) is 20.8 Å². The minimum absolute atomic E-state index is 0.159. The van der Waals surface area contributed by atoms with Crippen LogP contribution in [-0.4, -0.2) is 24.7 Å². The normalized spacial score (nSPS) is 12.6. The van der Waals surface area contributed by atoms with E-state index in [4.69, 9.17) is 0 Å². The SMILES string of the molecule is Cc1nc(C(C)n2cnc3sc(C)c(-c4ccc(F)cc4)c3c2=O)n[nH]1. The third-order valence-corrected chi connectivity index (χ3v) is 5.36. The molecule has 0 spiro atoms. The number of halogens is 1. The maximum Gasteiger partial charge on any atom is 0.263 e. The molecule has 0 aliphatic carbocycles. The number of H-pyrrole nitrogens is 1. The van der Waals surface area contributed by atoms with Crippen molar-refractivity contribution >= 4 is 21.6 Å². The molecule has 1 N–H and O–H groups in total. The van der Waals surface area contributed by atoms with Gasteiger partial charge in [0.25, 0.3) is 5.56 Å². The summed E-state index contributed by atoms with van der Waals surface area (Å²) in [5.41, 5.74) is 1.44. The molecule has 1 aromatic carbocycles. The second-order valence-electron chi connectivity index (χ2n) is 6.13. The van der Waals surface area contributed by atoms with Crippen molar-refractivity contribution < 1.29 is 4.39 Å². The molecule has 6 nitrogen and oxygen atoms in total. The summed E-state index contributed by atoms with van der Waals surface area (Å²) in [5, 5.41) is 7.48. The summed E-state index contributed by atoms with van der Waals surface area (Å²) < 4.78 is 14.8. The van der Waals surface area contributed by atoms with Crippen LogP contribution in [0, 0.1) is 19.7 Å². The Morgan fingerprint density at radius 3 is 2.62 bits per heavy atom. The molecule has 0 aliphatic heterocycles. The summed E-state index contributed by atoms with van der Waals surface area (Å²) in [6.45, 7) is 5.60. The van der Waals surface area contributed by atoms with Gasteiger partial charge in [0.1, 0.15) is 16.5 Å². The van der Waals surface area contributed by atoms with Crippen LogP contribution < -0.4 is 5.56 Å². The molecule has 3 aromatic heterocycles. The number of hydrogen-bond acceptors (Lipinski definition) is 5. The van der Waals surface area contributed by atoms with Gasteiger partial charge in [0.2, 0.25) is 0 Å². The Morgan fingerprint density at radius 2 is 1.96 bits per heavy atom. The van der Waals surface area contributed by atoms with Crippen molar-refractivity contribution in [3.63, 3.8) is 0 Å². The largest absolute Gasteiger partial charge is 0.288 e. The van der Waals surface area contributed by atoms with Gasteiger partial charge < -0.3 is 0 Å². The molecule has 0 radical (unpaired) electrons. The summed E-state index contributed by atoms with van der Waals surface area (Å²) in [6.07, 6.45) is 1.53. The van der Waals surface area contributed by atoms with Gasteiger partial charge in [-0.1, -0.05) is 12.1 Å². The fourth-order valence-electron chi connectivity index (χ4n) is 3.03. The van der Waals surface area contributed by atoms with E-state index in [0.29, 0.717) is 21.9 Å². The predicted molar refractivity (Wildman–Crippen MR) is 98.9 cm³/mol. The quantitative estimate of drug-likeness (QED) is 0.598. The monoisotopic (exact) mass is 369 g/mol. The highest BCUT2D eigenvalue weighted by Crippen LogP contribution is 2.35. The van der Waals surface area contributed by atoms with Crippen molar-refractivity contribution in [3.8, 4) is 11.1 Å². The molecular formula is C18H16FN5OS. The lowest BCUT2D eigenvalue weighted by atomic mass is 10.0. The maximum absolute atomic E-state index is 13.3. The van der Waals surface area contributed by atoms with Crippen LogP contribution in [0.15, 0.2) is 35.4 Å². The Hall–Kier alpha value is -2.87. The predicted octanol–water partition coefficient (Wildman–Crippen LogP) is 3.61. The van der Waals surface area contributed by atoms with Crippen LogP contribution >= 0.6 is 11.3 Å². The summed E-state index contributed by atoms with van der Waals surface area (Å²) in [6, 6.07) is 5.80. The number of aryl methyl sites for hydroxylation is 2. The van der Waals surface area contributed by atoms with Gasteiger partial charge in [-0.2, -0.15) is 5.10 Å². The van der Waals surface area contributed by atoms with E-state index in [0.717, 1.165) is 16.0 Å². The van der Waals surface area contributed by atoms with Crippen molar-refractivity contribution in [2.45, 2.75) is 26.8 Å². The Labute approximate surface area is 152 Å². The van der Waals surface area contributed by atoms with Crippen LogP contribution in [0.2, 0.25) is 0 Å². The highest BCUT2D eigenvalue weighted by molar-refractivity contribution is 7.19. The van der Waals surface area contributed by atoms with E-state index in [9.17, 15) is 9.18 Å². The molecule has 1 unspecified atom stereocenters. The van der Waals surface area contributed by atoms with Crippen molar-refractivity contribution in [1.82, 2.24) is 24.7 Å². The molecule has 0 amide bonds. The molecule has 0 bridgehead atoms. The molecule has 0 fully saturated rings. The lowest BCUT2D eigenvalue weighted by molar-refractivity contribution is 0.577. The van der Waals surface area contributed by atoms with Gasteiger partial charge in [-0.15, -0.1) is 11.3 Å². The first-order valence-corrected chi connectivity index (χ1v) is 8.92. The van der Waals surface area contributed by atoms with Crippen LogP contribution in [0.5, 0.6) is 0 Å². The molecule has 0 saturated carbocycles. The van der Waals surface area contributed by atoms with E-state index in [2.05, 4.69) is 20.2 Å². The van der Waals surface area contributed by atoms with Crippen LogP contribution in [0.3, 0.4) is 0 Å². The number of rotatable bonds is 3. The average Bonchev–Trinajstić information content (AvgIpc) is 3.19. The first kappa shape index (κ1) is 16.6. The second-order valence-corrected chi connectivity index (χ2v) is 7.34. The number of thiophene rings is 1. The van der Waals surface area contributed by atoms with Gasteiger partial charge in [0, 0.05) is 10.4 Å². The Bertz CT molecular complexity index is 1160. The van der Waals surface area contributed by atoms with Gasteiger partial charge in [0.15, 0.2) is 5.82 Å². The first-order valence-electron chi connectivity index (χ1n) is 8.10. The summed E-state index contributed by atoms with van der Waals surface area (Å²) in [4.78, 5) is 23.6. The molecule has 0 saturated heterocycles. The third kappa shape index (κ3) is 2.62. The van der Waals surface area contributed by atoms with Crippen molar-refractivity contribution in [1.29, 1.82) is 0 Å². The average molecular weight is 369 g/mol. The molecule has 132 valence electrons. The zero-order valence-corrected chi connectivity index (χ0v) is 15.3. The lowest BCUT2D eigenvalue weighted by Crippen LogP contribution is -2.25. The van der Waals surface area contributed by atoms with E-state index >= 15 is 0 Å². The minimum Gasteiger partial charge on any atom is -0.288 e. The highest BCUT2D eigenvalue weighted by atomic mass is 32.1. The van der Waals surface area contributed by atoms with Crippen LogP contribution in [-0.2, 0) is 0 Å². The molecule has 26 heavy (non-hydrogen) atoms. The second kappa shape index (κ2) is 6.14. The van der Waals surface area contributed by atoms with Crippen LogP contribution in [0.25, 0.3) is 21.3 Å². The van der Waals surface area contributed by atoms with E-state index in [-0.39, 0.29) is 17.4 Å². The van der Waals surface area contributed by atoms with Crippen molar-refractivity contribution in [2.75, 3.05) is 0 Å². The number of benzene rings is 1. The summed E-state index contributed by atoms with van der Waals surface area (Å²) in [7, 11) is 0. The van der Waals surface area contributed by atoms with Gasteiger partial charge in [0.05, 0.1) is 17.8 Å². The van der Waals surface area contributed by atoms with Gasteiger partial charge in [-0.3, -0.25) is 14.5 Å². The summed E-state index contributed by atoms with van der Waals surface area (Å²) in [5.74, 6) is 0.906. The lowest BCUT2D eigenvalue weighted by Gasteiger charge is -2.11. The smallest absolute Gasteiger partial charge is 0.263 e. The number of fused-ring (bicyclic) bond motifs is 1. The zero-order valence-electron chi connectivity index (χ0n) is 14.4. The topological polar surface area (TPSA) is 76.5 Å². The molecule has 0 aliphatic rings.